The van der Waals surface area contributed by atoms with Crippen LogP contribution in [0.1, 0.15) is 29.1 Å². The molecule has 4 rings (SSSR count). The van der Waals surface area contributed by atoms with Crippen molar-refractivity contribution in [3.63, 3.8) is 0 Å². The first-order chi connectivity index (χ1) is 11.3. The van der Waals surface area contributed by atoms with E-state index >= 15 is 0 Å². The van der Waals surface area contributed by atoms with E-state index in [-0.39, 0.29) is 12.2 Å². The highest BCUT2D eigenvalue weighted by molar-refractivity contribution is 5.94. The maximum atomic E-state index is 12.1. The van der Waals surface area contributed by atoms with Crippen LogP contribution in [0.4, 0.5) is 5.69 Å². The van der Waals surface area contributed by atoms with Crippen molar-refractivity contribution in [2.45, 2.75) is 13.2 Å². The molecule has 1 unspecified atom stereocenters. The summed E-state index contributed by atoms with van der Waals surface area (Å²) in [5, 5.41) is 2.39. The van der Waals surface area contributed by atoms with Crippen molar-refractivity contribution in [3.8, 4) is 0 Å². The maximum absolute atomic E-state index is 12.1. The van der Waals surface area contributed by atoms with E-state index in [9.17, 15) is 4.79 Å². The van der Waals surface area contributed by atoms with Crippen LogP contribution in [0.2, 0.25) is 0 Å². The van der Waals surface area contributed by atoms with Gasteiger partial charge in [-0.25, -0.2) is 4.79 Å². The fourth-order valence-corrected chi connectivity index (χ4v) is 3.20. The number of anilines is 1. The Labute approximate surface area is 135 Å². The number of cyclic esters (lactones) is 1. The fourth-order valence-electron chi connectivity index (χ4n) is 3.20. The molecule has 0 aliphatic carbocycles. The number of benzene rings is 3. The van der Waals surface area contributed by atoms with Crippen molar-refractivity contribution in [3.05, 3.63) is 77.9 Å². The van der Waals surface area contributed by atoms with E-state index < -0.39 is 0 Å². The van der Waals surface area contributed by atoms with E-state index in [0.29, 0.717) is 5.56 Å². The first kappa shape index (κ1) is 13.8. The molecule has 0 bridgehead atoms. The van der Waals surface area contributed by atoms with E-state index in [2.05, 4.69) is 42.2 Å². The lowest BCUT2D eigenvalue weighted by molar-refractivity contribution is 0.0380. The van der Waals surface area contributed by atoms with Crippen LogP contribution in [0.3, 0.4) is 0 Å². The van der Waals surface area contributed by atoms with Gasteiger partial charge >= 0.3 is 5.97 Å². The Kier molecular flexibility index (Phi) is 3.27. The van der Waals surface area contributed by atoms with Crippen molar-refractivity contribution in [2.24, 2.45) is 0 Å². The summed E-state index contributed by atoms with van der Waals surface area (Å²) in [6, 6.07) is 22.2. The smallest absolute Gasteiger partial charge is 0.340 e. The number of carbonyl (C=O) groups excluding carboxylic acids is 1. The first-order valence-corrected chi connectivity index (χ1v) is 7.83. The number of hydrogen-bond acceptors (Lipinski definition) is 3. The van der Waals surface area contributed by atoms with Crippen molar-refractivity contribution < 1.29 is 9.53 Å². The summed E-state index contributed by atoms with van der Waals surface area (Å²) in [6.45, 7) is 2.83. The third-order valence-electron chi connectivity index (χ3n) is 4.35. The number of fused-ring (bicyclic) bond motifs is 2. The van der Waals surface area contributed by atoms with Gasteiger partial charge < -0.3 is 9.64 Å². The number of rotatable bonds is 3. The molecule has 3 nitrogen and oxygen atoms in total. The van der Waals surface area contributed by atoms with Crippen LogP contribution in [-0.2, 0) is 4.74 Å². The Morgan fingerprint density at radius 1 is 0.957 bits per heavy atom. The van der Waals surface area contributed by atoms with E-state index in [1.807, 2.05) is 36.4 Å². The molecule has 0 N–H and O–H groups in total. The van der Waals surface area contributed by atoms with Crippen LogP contribution in [0.15, 0.2) is 66.7 Å². The minimum Gasteiger partial charge on any atom is -0.434 e. The number of carbonyl (C=O) groups is 1. The van der Waals surface area contributed by atoms with Gasteiger partial charge in [-0.3, -0.25) is 0 Å². The SMILES string of the molecule is CCN(c1ccc2ccccc2c1)C1OC(=O)c2ccccc21. The van der Waals surface area contributed by atoms with Gasteiger partial charge in [0.2, 0.25) is 6.23 Å². The highest BCUT2D eigenvalue weighted by Crippen LogP contribution is 2.36. The number of nitrogens with zero attached hydrogens (tertiary/aromatic N) is 1. The lowest BCUT2D eigenvalue weighted by atomic mass is 10.1. The van der Waals surface area contributed by atoms with Gasteiger partial charge in [-0.2, -0.15) is 0 Å². The van der Waals surface area contributed by atoms with Gasteiger partial charge in [0.25, 0.3) is 0 Å². The van der Waals surface area contributed by atoms with Crippen LogP contribution >= 0.6 is 0 Å². The summed E-state index contributed by atoms with van der Waals surface area (Å²) in [7, 11) is 0. The molecule has 0 fully saturated rings. The van der Waals surface area contributed by atoms with E-state index in [0.717, 1.165) is 17.8 Å². The molecule has 0 spiro atoms. The molecule has 0 saturated carbocycles. The van der Waals surface area contributed by atoms with Gasteiger partial charge in [-0.05, 0) is 35.9 Å². The molecular weight excluding hydrogens is 286 g/mol. The lowest BCUT2D eigenvalue weighted by Gasteiger charge is -2.29. The quantitative estimate of drug-likeness (QED) is 0.665. The second-order valence-corrected chi connectivity index (χ2v) is 5.66. The highest BCUT2D eigenvalue weighted by Gasteiger charge is 2.34. The summed E-state index contributed by atoms with van der Waals surface area (Å²) in [6.07, 6.45) is -0.357. The van der Waals surface area contributed by atoms with Gasteiger partial charge in [0.05, 0.1) is 5.56 Å². The molecule has 1 heterocycles. The fraction of sp³-hybridized carbons (Fsp3) is 0.150. The number of ether oxygens (including phenoxy) is 1. The van der Waals surface area contributed by atoms with Gasteiger partial charge in [0, 0.05) is 17.8 Å². The topological polar surface area (TPSA) is 29.5 Å². The molecular formula is C20H17NO2. The molecule has 1 atom stereocenters. The second kappa shape index (κ2) is 5.43. The molecule has 1 aliphatic heterocycles. The third kappa shape index (κ3) is 2.25. The number of esters is 1. The lowest BCUT2D eigenvalue weighted by Crippen LogP contribution is -2.28. The predicted molar refractivity (Wildman–Crippen MR) is 91.6 cm³/mol. The highest BCUT2D eigenvalue weighted by atomic mass is 16.6. The molecule has 0 amide bonds. The van der Waals surface area contributed by atoms with Crippen LogP contribution < -0.4 is 4.90 Å². The number of hydrogen-bond donors (Lipinski definition) is 0. The molecule has 3 aromatic rings. The molecule has 114 valence electrons. The molecule has 0 radical (unpaired) electrons. The van der Waals surface area contributed by atoms with Gasteiger partial charge in [-0.1, -0.05) is 48.5 Å². The zero-order chi connectivity index (χ0) is 15.8. The molecule has 3 aromatic carbocycles. The minimum absolute atomic E-state index is 0.246. The molecule has 3 heteroatoms. The Hall–Kier alpha value is -2.81. The Bertz CT molecular complexity index is 887. The van der Waals surface area contributed by atoms with E-state index in [1.54, 1.807) is 0 Å². The van der Waals surface area contributed by atoms with Gasteiger partial charge in [0.15, 0.2) is 0 Å². The first-order valence-electron chi connectivity index (χ1n) is 7.83. The Morgan fingerprint density at radius 2 is 1.70 bits per heavy atom. The van der Waals surface area contributed by atoms with Crippen LogP contribution in [-0.4, -0.2) is 12.5 Å². The molecule has 1 aliphatic rings. The zero-order valence-electron chi connectivity index (χ0n) is 12.9. The second-order valence-electron chi connectivity index (χ2n) is 5.66. The molecule has 0 saturated heterocycles. The van der Waals surface area contributed by atoms with Crippen molar-refractivity contribution in [2.75, 3.05) is 11.4 Å². The molecule has 0 aromatic heterocycles. The monoisotopic (exact) mass is 303 g/mol. The largest absolute Gasteiger partial charge is 0.434 e. The van der Waals surface area contributed by atoms with E-state index in [4.69, 9.17) is 4.74 Å². The minimum atomic E-state index is -0.357. The summed E-state index contributed by atoms with van der Waals surface area (Å²) in [5.74, 6) is -0.246. The van der Waals surface area contributed by atoms with Crippen molar-refractivity contribution in [1.82, 2.24) is 0 Å². The average molecular weight is 303 g/mol. The summed E-state index contributed by atoms with van der Waals surface area (Å²) < 4.78 is 5.64. The van der Waals surface area contributed by atoms with Gasteiger partial charge in [0.1, 0.15) is 0 Å². The van der Waals surface area contributed by atoms with Crippen LogP contribution in [0, 0.1) is 0 Å². The summed E-state index contributed by atoms with van der Waals surface area (Å²) in [4.78, 5) is 14.2. The third-order valence-corrected chi connectivity index (χ3v) is 4.35. The van der Waals surface area contributed by atoms with Crippen molar-refractivity contribution >= 4 is 22.4 Å². The van der Waals surface area contributed by atoms with Gasteiger partial charge in [-0.15, -0.1) is 0 Å². The Balaban J connectivity index is 1.78. The molecule has 23 heavy (non-hydrogen) atoms. The summed E-state index contributed by atoms with van der Waals surface area (Å²) >= 11 is 0. The Morgan fingerprint density at radius 3 is 2.52 bits per heavy atom. The predicted octanol–water partition coefficient (Wildman–Crippen LogP) is 4.54. The standard InChI is InChI=1S/C20H17NO2/c1-2-21(16-12-11-14-7-3-4-8-15(14)13-16)19-17-9-5-6-10-18(17)20(22)23-19/h3-13,19H,2H2,1H3. The van der Waals surface area contributed by atoms with Crippen LogP contribution in [0.25, 0.3) is 10.8 Å². The zero-order valence-corrected chi connectivity index (χ0v) is 12.9. The normalized spacial score (nSPS) is 16.2. The average Bonchev–Trinajstić information content (AvgIpc) is 2.93. The summed E-state index contributed by atoms with van der Waals surface area (Å²) in [5.41, 5.74) is 2.66. The van der Waals surface area contributed by atoms with E-state index in [1.165, 1.54) is 10.8 Å². The van der Waals surface area contributed by atoms with Crippen LogP contribution in [0.5, 0.6) is 0 Å². The maximum Gasteiger partial charge on any atom is 0.340 e. The van der Waals surface area contributed by atoms with Crippen molar-refractivity contribution in [1.29, 1.82) is 0 Å².